The second kappa shape index (κ2) is 11.3. The SMILES string of the molecule is Fc1ccc2cc(N(c3cc4ccc5cccc6ccc(c3)c4c56)c3c4ccccc4c(-c4ccc(C(F)(F)F)cc4)c4ccccc34)ccc2c1. The highest BCUT2D eigenvalue weighted by atomic mass is 19.4. The first-order valence-electron chi connectivity index (χ1n) is 17.1. The van der Waals surface area contributed by atoms with E-state index in [0.29, 0.717) is 5.56 Å². The van der Waals surface area contributed by atoms with E-state index in [9.17, 15) is 17.6 Å². The van der Waals surface area contributed by atoms with Crippen molar-refractivity contribution < 1.29 is 17.6 Å². The third kappa shape index (κ3) is 4.70. The second-order valence-electron chi connectivity index (χ2n) is 13.4. The molecule has 52 heavy (non-hydrogen) atoms. The van der Waals surface area contributed by atoms with Gasteiger partial charge in [-0.25, -0.2) is 4.39 Å². The molecule has 1 nitrogen and oxygen atoms in total. The van der Waals surface area contributed by atoms with Gasteiger partial charge in [-0.15, -0.1) is 0 Å². The van der Waals surface area contributed by atoms with E-state index in [1.165, 1.54) is 27.6 Å². The molecule has 0 radical (unpaired) electrons. The topological polar surface area (TPSA) is 3.24 Å². The number of benzene rings is 10. The maximum Gasteiger partial charge on any atom is 0.416 e. The summed E-state index contributed by atoms with van der Waals surface area (Å²) >= 11 is 0. The van der Waals surface area contributed by atoms with Crippen molar-refractivity contribution >= 4 is 81.7 Å². The van der Waals surface area contributed by atoms with Crippen LogP contribution in [0.4, 0.5) is 34.6 Å². The lowest BCUT2D eigenvalue weighted by molar-refractivity contribution is -0.137. The lowest BCUT2D eigenvalue weighted by atomic mass is 9.89. The second-order valence-corrected chi connectivity index (χ2v) is 13.4. The summed E-state index contributed by atoms with van der Waals surface area (Å²) in [6.07, 6.45) is -4.43. The predicted molar refractivity (Wildman–Crippen MR) is 208 cm³/mol. The Balaban J connectivity index is 1.31. The zero-order chi connectivity index (χ0) is 35.1. The zero-order valence-corrected chi connectivity index (χ0v) is 27.5. The van der Waals surface area contributed by atoms with Crippen molar-refractivity contribution in [2.75, 3.05) is 4.90 Å². The van der Waals surface area contributed by atoms with Crippen LogP contribution in [0.1, 0.15) is 5.56 Å². The van der Waals surface area contributed by atoms with E-state index in [2.05, 4.69) is 77.7 Å². The Hall–Kier alpha value is -6.46. The van der Waals surface area contributed by atoms with Crippen molar-refractivity contribution in [2.24, 2.45) is 0 Å². The molecular weight excluding hydrogens is 655 g/mol. The quantitative estimate of drug-likeness (QED) is 0.102. The lowest BCUT2D eigenvalue weighted by Gasteiger charge is -2.30. The Labute approximate surface area is 295 Å². The lowest BCUT2D eigenvalue weighted by Crippen LogP contribution is -2.12. The van der Waals surface area contributed by atoms with Gasteiger partial charge in [0.2, 0.25) is 0 Å². The van der Waals surface area contributed by atoms with Crippen molar-refractivity contribution in [3.8, 4) is 11.1 Å². The number of rotatable bonds is 4. The Morgan fingerprint density at radius 3 is 1.52 bits per heavy atom. The van der Waals surface area contributed by atoms with Crippen molar-refractivity contribution in [1.82, 2.24) is 0 Å². The highest BCUT2D eigenvalue weighted by Gasteiger charge is 2.30. The van der Waals surface area contributed by atoms with E-state index in [-0.39, 0.29) is 5.82 Å². The summed E-state index contributed by atoms with van der Waals surface area (Å²) in [5, 5.41) is 12.5. The summed E-state index contributed by atoms with van der Waals surface area (Å²) in [6, 6.07) is 52.1. The molecule has 0 spiro atoms. The maximum atomic E-state index is 14.3. The fourth-order valence-electron chi connectivity index (χ4n) is 8.10. The molecule has 0 aliphatic heterocycles. The van der Waals surface area contributed by atoms with Crippen molar-refractivity contribution in [2.45, 2.75) is 6.18 Å². The van der Waals surface area contributed by atoms with Crippen LogP contribution in [-0.2, 0) is 6.18 Å². The minimum absolute atomic E-state index is 0.292. The Morgan fingerprint density at radius 1 is 0.404 bits per heavy atom. The molecule has 10 aromatic carbocycles. The summed E-state index contributed by atoms with van der Waals surface area (Å²) in [7, 11) is 0. The smallest absolute Gasteiger partial charge is 0.309 e. The van der Waals surface area contributed by atoms with Crippen molar-refractivity contribution in [1.29, 1.82) is 0 Å². The number of nitrogens with zero attached hydrogens (tertiary/aromatic N) is 1. The van der Waals surface area contributed by atoms with Gasteiger partial charge in [0.25, 0.3) is 0 Å². The number of alkyl halides is 3. The molecule has 0 saturated carbocycles. The van der Waals surface area contributed by atoms with Gasteiger partial charge in [-0.3, -0.25) is 0 Å². The van der Waals surface area contributed by atoms with Gasteiger partial charge in [-0.05, 0) is 114 Å². The summed E-state index contributed by atoms with van der Waals surface area (Å²) in [5.41, 5.74) is 3.67. The van der Waals surface area contributed by atoms with E-state index >= 15 is 0 Å². The Kier molecular flexibility index (Phi) is 6.58. The molecule has 10 rings (SSSR count). The van der Waals surface area contributed by atoms with Gasteiger partial charge in [0.15, 0.2) is 0 Å². The van der Waals surface area contributed by atoms with Gasteiger partial charge in [0.1, 0.15) is 5.82 Å². The first kappa shape index (κ1) is 30.4. The number of hydrogen-bond acceptors (Lipinski definition) is 1. The molecule has 0 aromatic heterocycles. The van der Waals surface area contributed by atoms with Gasteiger partial charge in [0.05, 0.1) is 11.3 Å². The van der Waals surface area contributed by atoms with Crippen LogP contribution < -0.4 is 4.90 Å². The number of anilines is 3. The molecule has 0 aliphatic rings. The van der Waals surface area contributed by atoms with Crippen LogP contribution in [0.15, 0.2) is 164 Å². The predicted octanol–water partition coefficient (Wildman–Crippen LogP) is 14.3. The maximum absolute atomic E-state index is 14.3. The molecular formula is C47H27F4N. The summed E-state index contributed by atoms with van der Waals surface area (Å²) in [6.45, 7) is 0. The van der Waals surface area contributed by atoms with Gasteiger partial charge >= 0.3 is 6.18 Å². The Morgan fingerprint density at radius 2 is 0.904 bits per heavy atom. The molecule has 0 aliphatic carbocycles. The van der Waals surface area contributed by atoms with Crippen molar-refractivity contribution in [3.63, 3.8) is 0 Å². The van der Waals surface area contributed by atoms with Gasteiger partial charge in [-0.1, -0.05) is 115 Å². The van der Waals surface area contributed by atoms with Gasteiger partial charge in [-0.2, -0.15) is 13.2 Å². The number of fused-ring (bicyclic) bond motifs is 3. The first-order valence-corrected chi connectivity index (χ1v) is 17.1. The third-order valence-corrected chi connectivity index (χ3v) is 10.4. The summed E-state index contributed by atoms with van der Waals surface area (Å²) in [5.74, 6) is -0.292. The van der Waals surface area contributed by atoms with Gasteiger partial charge < -0.3 is 4.90 Å². The average molecular weight is 682 g/mol. The van der Waals surface area contributed by atoms with Crippen LogP contribution in [0.3, 0.4) is 0 Å². The minimum Gasteiger partial charge on any atom is -0.309 e. The molecule has 0 N–H and O–H groups in total. The molecule has 0 saturated heterocycles. The normalized spacial score (nSPS) is 12.2. The monoisotopic (exact) mass is 681 g/mol. The van der Waals surface area contributed by atoms with Crippen LogP contribution >= 0.6 is 0 Å². The molecule has 5 heteroatoms. The van der Waals surface area contributed by atoms with Crippen molar-refractivity contribution in [3.05, 3.63) is 175 Å². The standard InChI is InChI=1S/C47H27F4N/c48-36-22-18-32-25-37(23-19-31(32)24-36)52(38-26-33-14-12-28-6-5-7-29-13-15-34(27-38)44(33)43(28)29)46-41-10-3-1-8-39(41)45(40-9-2-4-11-42(40)46)30-16-20-35(21-17-30)47(49,50)51/h1-27H. The largest absolute Gasteiger partial charge is 0.416 e. The molecule has 10 aromatic rings. The third-order valence-electron chi connectivity index (χ3n) is 10.4. The van der Waals surface area contributed by atoms with Crippen LogP contribution in [0.2, 0.25) is 0 Å². The number of hydrogen-bond donors (Lipinski definition) is 0. The van der Waals surface area contributed by atoms with E-state index in [1.54, 1.807) is 24.3 Å². The van der Waals surface area contributed by atoms with Crippen LogP contribution in [-0.4, -0.2) is 0 Å². The fourth-order valence-corrected chi connectivity index (χ4v) is 8.10. The summed E-state index contributed by atoms with van der Waals surface area (Å²) < 4.78 is 55.1. The fraction of sp³-hybridized carbons (Fsp3) is 0.0213. The van der Waals surface area contributed by atoms with Crippen LogP contribution in [0.5, 0.6) is 0 Å². The molecule has 0 bridgehead atoms. The van der Waals surface area contributed by atoms with Crippen LogP contribution in [0, 0.1) is 5.82 Å². The number of halogens is 4. The molecule has 248 valence electrons. The molecule has 0 fully saturated rings. The van der Waals surface area contributed by atoms with E-state index in [4.69, 9.17) is 0 Å². The summed E-state index contributed by atoms with van der Waals surface area (Å²) in [4.78, 5) is 2.28. The van der Waals surface area contributed by atoms with E-state index in [0.717, 1.165) is 77.8 Å². The first-order chi connectivity index (χ1) is 25.3. The highest BCUT2D eigenvalue weighted by Crippen LogP contribution is 2.50. The average Bonchev–Trinajstić information content (AvgIpc) is 3.16. The van der Waals surface area contributed by atoms with E-state index < -0.39 is 11.7 Å². The molecule has 0 atom stereocenters. The molecule has 0 heterocycles. The highest BCUT2D eigenvalue weighted by molar-refractivity contribution is 6.25. The van der Waals surface area contributed by atoms with Crippen LogP contribution in [0.25, 0.3) is 75.8 Å². The van der Waals surface area contributed by atoms with E-state index in [1.807, 2.05) is 48.5 Å². The van der Waals surface area contributed by atoms with Gasteiger partial charge in [0, 0.05) is 22.1 Å². The zero-order valence-electron chi connectivity index (χ0n) is 27.5. The molecule has 0 amide bonds. The molecule has 0 unspecified atom stereocenters. The minimum atomic E-state index is -4.43. The Bertz CT molecular complexity index is 2900.